The monoisotopic (exact) mass is 253 g/mol. The molecule has 18 heavy (non-hydrogen) atoms. The first-order valence-corrected chi connectivity index (χ1v) is 7.69. The Hall–Kier alpha value is -0.0800. The van der Waals surface area contributed by atoms with Crippen LogP contribution in [0.5, 0.6) is 0 Å². The number of rotatable bonds is 5. The third-order valence-electron chi connectivity index (χ3n) is 4.60. The molecule has 0 spiro atoms. The lowest BCUT2D eigenvalue weighted by Gasteiger charge is -2.36. The van der Waals surface area contributed by atoms with Crippen LogP contribution in [-0.4, -0.2) is 24.3 Å². The molecule has 0 aromatic heterocycles. The Balaban J connectivity index is 1.89. The third kappa shape index (κ3) is 3.96. The van der Waals surface area contributed by atoms with Crippen LogP contribution in [0.25, 0.3) is 0 Å². The minimum Gasteiger partial charge on any atom is -0.375 e. The highest BCUT2D eigenvalue weighted by Gasteiger charge is 2.44. The predicted molar refractivity (Wildman–Crippen MR) is 76.8 cm³/mol. The summed E-state index contributed by atoms with van der Waals surface area (Å²) >= 11 is 0. The van der Waals surface area contributed by atoms with Crippen LogP contribution in [0.1, 0.15) is 66.7 Å². The second-order valence-electron chi connectivity index (χ2n) is 7.88. The Bertz CT molecular complexity index is 279. The molecule has 1 heterocycles. The summed E-state index contributed by atoms with van der Waals surface area (Å²) in [7, 11) is 0. The lowest BCUT2D eigenvalue weighted by molar-refractivity contribution is 0.0184. The predicted octanol–water partition coefficient (Wildman–Crippen LogP) is 3.75. The van der Waals surface area contributed by atoms with Gasteiger partial charge in [-0.1, -0.05) is 6.92 Å². The van der Waals surface area contributed by atoms with E-state index in [9.17, 15) is 0 Å². The molecule has 2 nitrogen and oxygen atoms in total. The molecular formula is C16H31NO. The van der Waals surface area contributed by atoms with Crippen molar-refractivity contribution in [2.24, 2.45) is 11.3 Å². The van der Waals surface area contributed by atoms with Gasteiger partial charge in [0.25, 0.3) is 0 Å². The number of hydrogen-bond acceptors (Lipinski definition) is 2. The van der Waals surface area contributed by atoms with E-state index in [-0.39, 0.29) is 5.54 Å². The van der Waals surface area contributed by atoms with E-state index < -0.39 is 0 Å². The maximum atomic E-state index is 6.04. The molecule has 2 heteroatoms. The maximum Gasteiger partial charge on any atom is 0.0585 e. The Morgan fingerprint density at radius 3 is 2.17 bits per heavy atom. The van der Waals surface area contributed by atoms with E-state index in [1.54, 1.807) is 0 Å². The third-order valence-corrected chi connectivity index (χ3v) is 4.60. The molecule has 3 unspecified atom stereocenters. The molecule has 1 saturated heterocycles. The van der Waals surface area contributed by atoms with Gasteiger partial charge >= 0.3 is 0 Å². The van der Waals surface area contributed by atoms with E-state index in [4.69, 9.17) is 4.74 Å². The molecule has 1 aliphatic carbocycles. The normalized spacial score (nSPS) is 32.5. The highest BCUT2D eigenvalue weighted by molar-refractivity contribution is 4.96. The largest absolute Gasteiger partial charge is 0.375 e. The van der Waals surface area contributed by atoms with Gasteiger partial charge in [-0.25, -0.2) is 0 Å². The number of ether oxygens (including phenoxy) is 1. The smallest absolute Gasteiger partial charge is 0.0585 e. The second kappa shape index (κ2) is 5.13. The van der Waals surface area contributed by atoms with Crippen LogP contribution in [0.2, 0.25) is 0 Å². The fraction of sp³-hybridized carbons (Fsp3) is 1.00. The average Bonchev–Trinajstić information content (AvgIpc) is 3.01. The summed E-state index contributed by atoms with van der Waals surface area (Å²) in [4.78, 5) is 0. The van der Waals surface area contributed by atoms with Crippen LogP contribution < -0.4 is 5.32 Å². The van der Waals surface area contributed by atoms with Gasteiger partial charge in [-0.05, 0) is 71.1 Å². The lowest BCUT2D eigenvalue weighted by Crippen LogP contribution is -2.45. The zero-order valence-electron chi connectivity index (χ0n) is 12.9. The van der Waals surface area contributed by atoms with Crippen molar-refractivity contribution in [3.8, 4) is 0 Å². The van der Waals surface area contributed by atoms with Crippen molar-refractivity contribution in [3.63, 3.8) is 0 Å². The summed E-state index contributed by atoms with van der Waals surface area (Å²) in [6, 6.07) is 0. The average molecular weight is 253 g/mol. The van der Waals surface area contributed by atoms with Crippen LogP contribution in [0, 0.1) is 11.3 Å². The van der Waals surface area contributed by atoms with Crippen LogP contribution in [-0.2, 0) is 4.74 Å². The first-order chi connectivity index (χ1) is 8.28. The molecule has 1 saturated carbocycles. The standard InChI is InChI=1S/C16H31NO/c1-12-6-9-14(18-12)10-16(5,13-7-8-13)11-17-15(2,3)4/h12-14,17H,6-11H2,1-5H3. The first kappa shape index (κ1) is 14.3. The highest BCUT2D eigenvalue weighted by Crippen LogP contribution is 2.49. The summed E-state index contributed by atoms with van der Waals surface area (Å²) < 4.78 is 6.04. The molecular weight excluding hydrogens is 222 g/mol. The van der Waals surface area contributed by atoms with E-state index in [2.05, 4.69) is 39.9 Å². The van der Waals surface area contributed by atoms with Crippen molar-refractivity contribution in [3.05, 3.63) is 0 Å². The van der Waals surface area contributed by atoms with Crippen molar-refractivity contribution in [2.75, 3.05) is 6.54 Å². The molecule has 0 aromatic carbocycles. The summed E-state index contributed by atoms with van der Waals surface area (Å²) in [5.74, 6) is 0.923. The molecule has 0 amide bonds. The van der Waals surface area contributed by atoms with Gasteiger partial charge < -0.3 is 10.1 Å². The lowest BCUT2D eigenvalue weighted by atomic mass is 9.78. The van der Waals surface area contributed by atoms with E-state index in [1.165, 1.54) is 32.1 Å². The molecule has 3 atom stereocenters. The second-order valence-corrected chi connectivity index (χ2v) is 7.88. The molecule has 1 N–H and O–H groups in total. The zero-order chi connectivity index (χ0) is 13.4. The summed E-state index contributed by atoms with van der Waals surface area (Å²) in [5, 5.41) is 3.71. The van der Waals surface area contributed by atoms with E-state index >= 15 is 0 Å². The molecule has 0 bridgehead atoms. The van der Waals surface area contributed by atoms with Crippen molar-refractivity contribution < 1.29 is 4.74 Å². The molecule has 2 fully saturated rings. The van der Waals surface area contributed by atoms with Crippen LogP contribution in [0.3, 0.4) is 0 Å². The van der Waals surface area contributed by atoms with Crippen molar-refractivity contribution in [1.82, 2.24) is 5.32 Å². The quantitative estimate of drug-likeness (QED) is 0.805. The van der Waals surface area contributed by atoms with Gasteiger partial charge in [-0.15, -0.1) is 0 Å². The molecule has 0 radical (unpaired) electrons. The van der Waals surface area contributed by atoms with Crippen molar-refractivity contribution in [2.45, 2.75) is 84.5 Å². The first-order valence-electron chi connectivity index (χ1n) is 7.69. The topological polar surface area (TPSA) is 21.3 Å². The highest BCUT2D eigenvalue weighted by atomic mass is 16.5. The maximum absolute atomic E-state index is 6.04. The van der Waals surface area contributed by atoms with Crippen molar-refractivity contribution >= 4 is 0 Å². The molecule has 2 rings (SSSR count). The fourth-order valence-electron chi connectivity index (χ4n) is 3.19. The summed E-state index contributed by atoms with van der Waals surface area (Å²) in [6.07, 6.45) is 7.58. The molecule has 0 aromatic rings. The number of nitrogens with one attached hydrogen (secondary N) is 1. The van der Waals surface area contributed by atoms with Gasteiger partial charge in [-0.2, -0.15) is 0 Å². The fourth-order valence-corrected chi connectivity index (χ4v) is 3.19. The van der Waals surface area contributed by atoms with Crippen LogP contribution in [0.4, 0.5) is 0 Å². The van der Waals surface area contributed by atoms with Gasteiger partial charge in [0.05, 0.1) is 12.2 Å². The van der Waals surface area contributed by atoms with E-state index in [0.29, 0.717) is 17.6 Å². The Morgan fingerprint density at radius 1 is 1.06 bits per heavy atom. The van der Waals surface area contributed by atoms with Gasteiger partial charge in [0.1, 0.15) is 0 Å². The molecule has 1 aliphatic heterocycles. The van der Waals surface area contributed by atoms with Gasteiger partial charge in [-0.3, -0.25) is 0 Å². The Morgan fingerprint density at radius 2 is 1.72 bits per heavy atom. The molecule has 2 aliphatic rings. The van der Waals surface area contributed by atoms with Gasteiger partial charge in [0.2, 0.25) is 0 Å². The van der Waals surface area contributed by atoms with Crippen LogP contribution in [0.15, 0.2) is 0 Å². The molecule has 106 valence electrons. The van der Waals surface area contributed by atoms with Gasteiger partial charge in [0.15, 0.2) is 0 Å². The van der Waals surface area contributed by atoms with E-state index in [1.807, 2.05) is 0 Å². The SMILES string of the molecule is CC1CCC(CC(C)(CNC(C)(C)C)C2CC2)O1. The zero-order valence-corrected chi connectivity index (χ0v) is 12.9. The Kier molecular flexibility index (Phi) is 4.08. The van der Waals surface area contributed by atoms with Crippen LogP contribution >= 0.6 is 0 Å². The minimum absolute atomic E-state index is 0.222. The number of hydrogen-bond donors (Lipinski definition) is 1. The Labute approximate surface area is 113 Å². The summed E-state index contributed by atoms with van der Waals surface area (Å²) in [5.41, 5.74) is 0.655. The van der Waals surface area contributed by atoms with E-state index in [0.717, 1.165) is 12.5 Å². The van der Waals surface area contributed by atoms with Crippen molar-refractivity contribution in [1.29, 1.82) is 0 Å². The summed E-state index contributed by atoms with van der Waals surface area (Å²) in [6.45, 7) is 12.6. The van der Waals surface area contributed by atoms with Gasteiger partial charge in [0, 0.05) is 12.1 Å². The minimum atomic E-state index is 0.222.